The molecule has 2 N–H and O–H groups in total. The van der Waals surface area contributed by atoms with Crippen LogP contribution in [0.15, 0.2) is 60.8 Å². The Bertz CT molecular complexity index is 857. The van der Waals surface area contributed by atoms with Crippen molar-refractivity contribution in [2.24, 2.45) is 0 Å². The van der Waals surface area contributed by atoms with Gasteiger partial charge in [0.1, 0.15) is 0 Å². The molecule has 0 unspecified atom stereocenters. The Morgan fingerprint density at radius 1 is 1.04 bits per heavy atom. The molecule has 124 valence electrons. The normalized spacial score (nSPS) is 10.0. The van der Waals surface area contributed by atoms with Crippen molar-refractivity contribution >= 4 is 17.5 Å². The molecular weight excluding hydrogens is 312 g/mol. The molecule has 6 heteroatoms. The first kappa shape index (κ1) is 16.4. The van der Waals surface area contributed by atoms with Crippen LogP contribution in [0.5, 0.6) is 0 Å². The monoisotopic (exact) mass is 330 g/mol. The van der Waals surface area contributed by atoms with Crippen LogP contribution in [0.25, 0.3) is 0 Å². The Balaban J connectivity index is 1.53. The van der Waals surface area contributed by atoms with Gasteiger partial charge in [-0.2, -0.15) is 15.3 Å². The van der Waals surface area contributed by atoms with E-state index < -0.39 is 0 Å². The summed E-state index contributed by atoms with van der Waals surface area (Å²) in [5.74, 6) is 1.06. The van der Waals surface area contributed by atoms with Crippen LogP contribution in [0.1, 0.15) is 17.5 Å². The van der Waals surface area contributed by atoms with E-state index in [0.29, 0.717) is 17.3 Å². The number of anilines is 3. The molecule has 2 aromatic carbocycles. The van der Waals surface area contributed by atoms with E-state index >= 15 is 0 Å². The lowest BCUT2D eigenvalue weighted by atomic mass is 10.1. The van der Waals surface area contributed by atoms with Gasteiger partial charge in [0.2, 0.25) is 5.95 Å². The highest BCUT2D eigenvalue weighted by Crippen LogP contribution is 2.15. The van der Waals surface area contributed by atoms with Crippen molar-refractivity contribution in [3.63, 3.8) is 0 Å². The molecule has 6 nitrogen and oxygen atoms in total. The highest BCUT2D eigenvalue weighted by atomic mass is 15.3. The quantitative estimate of drug-likeness (QED) is 0.645. The van der Waals surface area contributed by atoms with Crippen LogP contribution in [0, 0.1) is 11.3 Å². The Morgan fingerprint density at radius 2 is 1.92 bits per heavy atom. The van der Waals surface area contributed by atoms with Gasteiger partial charge in [0.05, 0.1) is 17.8 Å². The number of nitrogens with zero attached hydrogens (tertiary/aromatic N) is 4. The third-order valence-electron chi connectivity index (χ3n) is 3.60. The summed E-state index contributed by atoms with van der Waals surface area (Å²) in [4.78, 5) is 4.39. The summed E-state index contributed by atoms with van der Waals surface area (Å²) in [6, 6.07) is 19.6. The summed E-state index contributed by atoms with van der Waals surface area (Å²) < 4.78 is 0. The van der Waals surface area contributed by atoms with Gasteiger partial charge >= 0.3 is 0 Å². The lowest BCUT2D eigenvalue weighted by Crippen LogP contribution is -2.07. The molecule has 3 aromatic rings. The first-order valence-electron chi connectivity index (χ1n) is 8.08. The molecule has 0 bridgehead atoms. The molecule has 0 amide bonds. The molecule has 3 rings (SSSR count). The lowest BCUT2D eigenvalue weighted by Gasteiger charge is -2.08. The van der Waals surface area contributed by atoms with E-state index in [9.17, 15) is 0 Å². The van der Waals surface area contributed by atoms with Crippen LogP contribution >= 0.6 is 0 Å². The predicted molar refractivity (Wildman–Crippen MR) is 97.5 cm³/mol. The molecule has 0 saturated carbocycles. The van der Waals surface area contributed by atoms with E-state index in [1.165, 1.54) is 5.56 Å². The van der Waals surface area contributed by atoms with E-state index in [1.807, 2.05) is 12.1 Å². The maximum Gasteiger partial charge on any atom is 0.249 e. The van der Waals surface area contributed by atoms with Gasteiger partial charge in [-0.25, -0.2) is 0 Å². The minimum absolute atomic E-state index is 0.392. The molecule has 0 radical (unpaired) electrons. The van der Waals surface area contributed by atoms with Crippen molar-refractivity contribution in [1.29, 1.82) is 5.26 Å². The third kappa shape index (κ3) is 5.01. The first-order valence-corrected chi connectivity index (χ1v) is 8.08. The second kappa shape index (κ2) is 8.41. The summed E-state index contributed by atoms with van der Waals surface area (Å²) >= 11 is 0. The number of aryl methyl sites for hydroxylation is 1. The van der Waals surface area contributed by atoms with Crippen molar-refractivity contribution in [1.82, 2.24) is 15.2 Å². The Labute approximate surface area is 146 Å². The highest BCUT2D eigenvalue weighted by Gasteiger charge is 2.02. The summed E-state index contributed by atoms with van der Waals surface area (Å²) in [6.07, 6.45) is 3.61. The molecule has 1 aromatic heterocycles. The van der Waals surface area contributed by atoms with Gasteiger partial charge in [-0.1, -0.05) is 36.4 Å². The SMILES string of the molecule is N#Cc1cccc(Nc2nncc(NCCCc3ccccc3)n2)c1. The van der Waals surface area contributed by atoms with Crippen LogP contribution in [0.3, 0.4) is 0 Å². The van der Waals surface area contributed by atoms with Crippen molar-refractivity contribution < 1.29 is 0 Å². The van der Waals surface area contributed by atoms with Crippen LogP contribution in [-0.2, 0) is 6.42 Å². The van der Waals surface area contributed by atoms with Crippen molar-refractivity contribution in [2.45, 2.75) is 12.8 Å². The lowest BCUT2D eigenvalue weighted by molar-refractivity contribution is 0.853. The smallest absolute Gasteiger partial charge is 0.249 e. The number of nitrogens with one attached hydrogen (secondary N) is 2. The Morgan fingerprint density at radius 3 is 2.76 bits per heavy atom. The predicted octanol–water partition coefficient (Wildman–Crippen LogP) is 3.53. The molecule has 1 heterocycles. The molecule has 25 heavy (non-hydrogen) atoms. The number of hydrogen-bond acceptors (Lipinski definition) is 6. The maximum absolute atomic E-state index is 8.94. The molecule has 0 saturated heterocycles. The topological polar surface area (TPSA) is 86.5 Å². The van der Waals surface area contributed by atoms with Gasteiger partial charge in [0.25, 0.3) is 0 Å². The van der Waals surface area contributed by atoms with Gasteiger partial charge < -0.3 is 10.6 Å². The van der Waals surface area contributed by atoms with Crippen LogP contribution in [0.4, 0.5) is 17.5 Å². The van der Waals surface area contributed by atoms with E-state index in [-0.39, 0.29) is 0 Å². The molecule has 0 spiro atoms. The van der Waals surface area contributed by atoms with E-state index in [2.05, 4.69) is 56.1 Å². The number of aromatic nitrogens is 3. The summed E-state index contributed by atoms with van der Waals surface area (Å²) in [5.41, 5.74) is 2.65. The summed E-state index contributed by atoms with van der Waals surface area (Å²) in [6.45, 7) is 0.803. The summed E-state index contributed by atoms with van der Waals surface area (Å²) in [7, 11) is 0. The van der Waals surface area contributed by atoms with Crippen molar-refractivity contribution in [2.75, 3.05) is 17.2 Å². The third-order valence-corrected chi connectivity index (χ3v) is 3.60. The van der Waals surface area contributed by atoms with E-state index in [1.54, 1.807) is 24.4 Å². The maximum atomic E-state index is 8.94. The molecule has 0 aliphatic carbocycles. The fourth-order valence-corrected chi connectivity index (χ4v) is 2.39. The van der Waals surface area contributed by atoms with Crippen LogP contribution in [-0.4, -0.2) is 21.7 Å². The van der Waals surface area contributed by atoms with Crippen LogP contribution in [0.2, 0.25) is 0 Å². The molecular formula is C19H18N6. The largest absolute Gasteiger partial charge is 0.369 e. The standard InChI is InChI=1S/C19H18N6/c20-13-16-8-4-10-17(12-16)23-19-24-18(14-22-25-19)21-11-5-9-15-6-2-1-3-7-15/h1-4,6-8,10,12,14H,5,9,11H2,(H2,21,23,24,25). The summed E-state index contributed by atoms with van der Waals surface area (Å²) in [5, 5.41) is 23.2. The van der Waals surface area contributed by atoms with Gasteiger partial charge in [-0.05, 0) is 36.6 Å². The number of rotatable bonds is 7. The average Bonchev–Trinajstić information content (AvgIpc) is 2.67. The molecule has 0 fully saturated rings. The molecule has 0 aliphatic rings. The zero-order valence-corrected chi connectivity index (χ0v) is 13.7. The fraction of sp³-hybridized carbons (Fsp3) is 0.158. The van der Waals surface area contributed by atoms with Gasteiger partial charge in [-0.3, -0.25) is 0 Å². The van der Waals surface area contributed by atoms with Gasteiger partial charge in [0.15, 0.2) is 5.82 Å². The van der Waals surface area contributed by atoms with Crippen molar-refractivity contribution in [3.8, 4) is 6.07 Å². The highest BCUT2D eigenvalue weighted by molar-refractivity contribution is 5.56. The second-order valence-electron chi connectivity index (χ2n) is 5.50. The fourth-order valence-electron chi connectivity index (χ4n) is 2.39. The number of hydrogen-bond donors (Lipinski definition) is 2. The Hall–Kier alpha value is -3.46. The zero-order valence-electron chi connectivity index (χ0n) is 13.7. The van der Waals surface area contributed by atoms with Gasteiger partial charge in [0, 0.05) is 12.2 Å². The molecule has 0 atom stereocenters. The van der Waals surface area contributed by atoms with Crippen LogP contribution < -0.4 is 10.6 Å². The van der Waals surface area contributed by atoms with E-state index in [0.717, 1.165) is 25.1 Å². The van der Waals surface area contributed by atoms with Crippen molar-refractivity contribution in [3.05, 3.63) is 71.9 Å². The van der Waals surface area contributed by atoms with Gasteiger partial charge in [-0.15, -0.1) is 5.10 Å². The number of nitriles is 1. The number of benzene rings is 2. The first-order chi connectivity index (χ1) is 12.3. The van der Waals surface area contributed by atoms with E-state index in [4.69, 9.17) is 5.26 Å². The minimum atomic E-state index is 0.392. The average molecular weight is 330 g/mol. The second-order valence-corrected chi connectivity index (χ2v) is 5.50. The Kier molecular flexibility index (Phi) is 5.52. The minimum Gasteiger partial charge on any atom is -0.369 e. The zero-order chi connectivity index (χ0) is 17.3. The molecule has 0 aliphatic heterocycles.